The molecule has 0 aliphatic carbocycles. The van der Waals surface area contributed by atoms with Crippen molar-refractivity contribution in [1.29, 1.82) is 0 Å². The van der Waals surface area contributed by atoms with E-state index in [1.54, 1.807) is 10.9 Å². The Morgan fingerprint density at radius 3 is 2.76 bits per heavy atom. The highest BCUT2D eigenvalue weighted by atomic mass is 79.9. The van der Waals surface area contributed by atoms with Gasteiger partial charge in [-0.1, -0.05) is 23.7 Å². The molecule has 0 atom stereocenters. The van der Waals surface area contributed by atoms with E-state index in [1.165, 1.54) is 0 Å². The number of carbonyl (C=O) groups excluding carboxylic acids is 1. The predicted octanol–water partition coefficient (Wildman–Crippen LogP) is 3.80. The van der Waals surface area contributed by atoms with Crippen LogP contribution < -0.4 is 5.32 Å². The SMILES string of the molecule is Cc1nn(CC(=O)Nc2cc(C)n(Cc3cccc(Cl)c3)n2)cc1Br. The van der Waals surface area contributed by atoms with E-state index in [1.807, 2.05) is 48.9 Å². The summed E-state index contributed by atoms with van der Waals surface area (Å²) in [6.07, 6.45) is 1.78. The second kappa shape index (κ2) is 7.41. The first-order valence-corrected chi connectivity index (χ1v) is 8.86. The molecule has 6 nitrogen and oxygen atoms in total. The number of halogens is 2. The molecule has 3 aromatic rings. The summed E-state index contributed by atoms with van der Waals surface area (Å²) in [5.41, 5.74) is 2.84. The number of carbonyl (C=O) groups is 1. The van der Waals surface area contributed by atoms with Crippen molar-refractivity contribution in [2.75, 3.05) is 5.32 Å². The Morgan fingerprint density at radius 2 is 2.08 bits per heavy atom. The van der Waals surface area contributed by atoms with Gasteiger partial charge in [-0.05, 0) is 47.5 Å². The van der Waals surface area contributed by atoms with Crippen molar-refractivity contribution in [3.05, 3.63) is 63.0 Å². The van der Waals surface area contributed by atoms with Crippen LogP contribution in [0.1, 0.15) is 17.0 Å². The van der Waals surface area contributed by atoms with Gasteiger partial charge in [0.15, 0.2) is 5.82 Å². The van der Waals surface area contributed by atoms with Crippen LogP contribution >= 0.6 is 27.5 Å². The standard InChI is InChI=1S/C17H17BrClN5O/c1-11-6-16(20-17(25)10-23-9-15(18)12(2)21-23)22-24(11)8-13-4-3-5-14(19)7-13/h3-7,9H,8,10H2,1-2H3,(H,20,22,25). The van der Waals surface area contributed by atoms with Gasteiger partial charge in [0.2, 0.25) is 5.91 Å². The maximum absolute atomic E-state index is 12.2. The number of anilines is 1. The summed E-state index contributed by atoms with van der Waals surface area (Å²) in [5, 5.41) is 12.2. The van der Waals surface area contributed by atoms with Gasteiger partial charge in [-0.3, -0.25) is 14.2 Å². The van der Waals surface area contributed by atoms with E-state index in [0.29, 0.717) is 17.4 Å². The van der Waals surface area contributed by atoms with Crippen LogP contribution in [0.3, 0.4) is 0 Å². The van der Waals surface area contributed by atoms with Gasteiger partial charge >= 0.3 is 0 Å². The minimum Gasteiger partial charge on any atom is -0.308 e. The molecule has 2 aromatic heterocycles. The van der Waals surface area contributed by atoms with E-state index in [2.05, 4.69) is 31.4 Å². The van der Waals surface area contributed by atoms with E-state index in [9.17, 15) is 4.79 Å². The third-order valence-corrected chi connectivity index (χ3v) is 4.68. The highest BCUT2D eigenvalue weighted by Crippen LogP contribution is 2.15. The van der Waals surface area contributed by atoms with Crippen LogP contribution in [-0.2, 0) is 17.9 Å². The van der Waals surface area contributed by atoms with Crippen molar-refractivity contribution < 1.29 is 4.79 Å². The summed E-state index contributed by atoms with van der Waals surface area (Å²) < 4.78 is 4.29. The third kappa shape index (κ3) is 4.49. The largest absolute Gasteiger partial charge is 0.308 e. The van der Waals surface area contributed by atoms with Crippen molar-refractivity contribution in [2.45, 2.75) is 26.9 Å². The van der Waals surface area contributed by atoms with E-state index < -0.39 is 0 Å². The summed E-state index contributed by atoms with van der Waals surface area (Å²) in [7, 11) is 0. The Labute approximate surface area is 158 Å². The fraction of sp³-hybridized carbons (Fsp3) is 0.235. The molecular weight excluding hydrogens is 406 g/mol. The number of amides is 1. The van der Waals surface area contributed by atoms with Crippen LogP contribution in [0.5, 0.6) is 0 Å². The number of benzene rings is 1. The quantitative estimate of drug-likeness (QED) is 0.680. The normalized spacial score (nSPS) is 10.9. The number of aromatic nitrogens is 4. The smallest absolute Gasteiger partial charge is 0.247 e. The molecule has 0 bridgehead atoms. The zero-order chi connectivity index (χ0) is 18.0. The molecule has 0 saturated carbocycles. The van der Waals surface area contributed by atoms with E-state index in [4.69, 9.17) is 11.6 Å². The van der Waals surface area contributed by atoms with E-state index >= 15 is 0 Å². The number of hydrogen-bond donors (Lipinski definition) is 1. The summed E-state index contributed by atoms with van der Waals surface area (Å²) in [6.45, 7) is 4.54. The molecule has 1 aromatic carbocycles. The summed E-state index contributed by atoms with van der Waals surface area (Å²) >= 11 is 9.40. The molecule has 25 heavy (non-hydrogen) atoms. The first-order valence-electron chi connectivity index (χ1n) is 7.69. The van der Waals surface area contributed by atoms with Crippen LogP contribution in [0, 0.1) is 13.8 Å². The molecule has 0 aliphatic rings. The molecule has 1 N–H and O–H groups in total. The lowest BCUT2D eigenvalue weighted by atomic mass is 10.2. The molecule has 0 radical (unpaired) electrons. The maximum Gasteiger partial charge on any atom is 0.247 e. The van der Waals surface area contributed by atoms with Gasteiger partial charge in [0.25, 0.3) is 0 Å². The van der Waals surface area contributed by atoms with E-state index in [-0.39, 0.29) is 12.5 Å². The van der Waals surface area contributed by atoms with Crippen molar-refractivity contribution in [1.82, 2.24) is 19.6 Å². The summed E-state index contributed by atoms with van der Waals surface area (Å²) in [4.78, 5) is 12.2. The molecular formula is C17H17BrClN5O. The number of nitrogens with zero attached hydrogens (tertiary/aromatic N) is 4. The number of hydrogen-bond acceptors (Lipinski definition) is 3. The van der Waals surface area contributed by atoms with Crippen LogP contribution in [0.4, 0.5) is 5.82 Å². The highest BCUT2D eigenvalue weighted by Gasteiger charge is 2.11. The van der Waals surface area contributed by atoms with Crippen LogP contribution in [0.25, 0.3) is 0 Å². The van der Waals surface area contributed by atoms with Gasteiger partial charge in [-0.25, -0.2) is 0 Å². The first kappa shape index (κ1) is 17.7. The van der Waals surface area contributed by atoms with Crippen molar-refractivity contribution in [3.8, 4) is 0 Å². The monoisotopic (exact) mass is 421 g/mol. The first-order chi connectivity index (χ1) is 11.9. The summed E-state index contributed by atoms with van der Waals surface area (Å²) in [5.74, 6) is 0.342. The van der Waals surface area contributed by atoms with Crippen LogP contribution in [-0.4, -0.2) is 25.5 Å². The van der Waals surface area contributed by atoms with Gasteiger partial charge in [0, 0.05) is 23.0 Å². The Hall–Kier alpha value is -2.12. The highest BCUT2D eigenvalue weighted by molar-refractivity contribution is 9.10. The van der Waals surface area contributed by atoms with Crippen LogP contribution in [0.15, 0.2) is 41.0 Å². The van der Waals surface area contributed by atoms with E-state index in [0.717, 1.165) is 21.4 Å². The molecule has 0 unspecified atom stereocenters. The Kier molecular flexibility index (Phi) is 5.24. The van der Waals surface area contributed by atoms with Gasteiger partial charge in [-0.2, -0.15) is 10.2 Å². The van der Waals surface area contributed by atoms with Gasteiger partial charge in [0.1, 0.15) is 6.54 Å². The minimum absolute atomic E-state index is 0.132. The molecule has 1 amide bonds. The lowest BCUT2D eigenvalue weighted by Crippen LogP contribution is -2.19. The number of rotatable bonds is 5. The molecule has 2 heterocycles. The Morgan fingerprint density at radius 1 is 1.28 bits per heavy atom. The molecule has 3 rings (SSSR count). The fourth-order valence-electron chi connectivity index (χ4n) is 2.44. The molecule has 130 valence electrons. The Balaban J connectivity index is 1.66. The number of nitrogens with one attached hydrogen (secondary N) is 1. The topological polar surface area (TPSA) is 64.7 Å². The third-order valence-electron chi connectivity index (χ3n) is 3.66. The second-order valence-corrected chi connectivity index (χ2v) is 7.06. The molecule has 0 spiro atoms. The zero-order valence-corrected chi connectivity index (χ0v) is 16.2. The molecule has 0 saturated heterocycles. The molecule has 0 fully saturated rings. The number of aryl methyl sites for hydroxylation is 2. The zero-order valence-electron chi connectivity index (χ0n) is 13.8. The second-order valence-electron chi connectivity index (χ2n) is 5.77. The molecule has 0 aliphatic heterocycles. The lowest BCUT2D eigenvalue weighted by molar-refractivity contribution is -0.116. The van der Waals surface area contributed by atoms with Crippen molar-refractivity contribution in [3.63, 3.8) is 0 Å². The molecule has 8 heteroatoms. The average molecular weight is 423 g/mol. The van der Waals surface area contributed by atoms with Gasteiger partial charge < -0.3 is 5.32 Å². The average Bonchev–Trinajstić information content (AvgIpc) is 3.01. The van der Waals surface area contributed by atoms with Crippen molar-refractivity contribution in [2.24, 2.45) is 0 Å². The predicted molar refractivity (Wildman–Crippen MR) is 101 cm³/mol. The van der Waals surface area contributed by atoms with Crippen molar-refractivity contribution >= 4 is 39.3 Å². The minimum atomic E-state index is -0.178. The fourth-order valence-corrected chi connectivity index (χ4v) is 2.97. The summed E-state index contributed by atoms with van der Waals surface area (Å²) in [6, 6.07) is 9.47. The van der Waals surface area contributed by atoms with Crippen LogP contribution in [0.2, 0.25) is 5.02 Å². The lowest BCUT2D eigenvalue weighted by Gasteiger charge is -2.05. The van der Waals surface area contributed by atoms with Gasteiger partial charge in [0.05, 0.1) is 16.7 Å². The maximum atomic E-state index is 12.2. The van der Waals surface area contributed by atoms with Gasteiger partial charge in [-0.15, -0.1) is 0 Å². The Bertz CT molecular complexity index is 898.